The molecule has 1 heterocycles. The SMILES string of the molecule is Cc1c[nH]c(=O)c(C(=O)Cl)c1C(F)F. The lowest BCUT2D eigenvalue weighted by Crippen LogP contribution is -2.19. The first-order chi connectivity index (χ1) is 6.45. The molecule has 0 aliphatic rings. The number of halogens is 3. The molecule has 0 saturated heterocycles. The van der Waals surface area contributed by atoms with E-state index < -0.39 is 28.4 Å². The first-order valence-electron chi connectivity index (χ1n) is 3.65. The summed E-state index contributed by atoms with van der Waals surface area (Å²) >= 11 is 5.04. The third kappa shape index (κ3) is 1.82. The van der Waals surface area contributed by atoms with Crippen molar-refractivity contribution in [2.24, 2.45) is 0 Å². The Morgan fingerprint density at radius 2 is 2.14 bits per heavy atom. The maximum absolute atomic E-state index is 12.5. The van der Waals surface area contributed by atoms with E-state index in [2.05, 4.69) is 4.98 Å². The predicted molar refractivity (Wildman–Crippen MR) is 46.9 cm³/mol. The molecule has 0 saturated carbocycles. The van der Waals surface area contributed by atoms with Crippen molar-refractivity contribution in [3.8, 4) is 0 Å². The van der Waals surface area contributed by atoms with Crippen molar-refractivity contribution < 1.29 is 13.6 Å². The monoisotopic (exact) mass is 221 g/mol. The fourth-order valence-electron chi connectivity index (χ4n) is 1.12. The summed E-state index contributed by atoms with van der Waals surface area (Å²) in [5, 5.41) is -1.18. The molecular weight excluding hydrogens is 216 g/mol. The van der Waals surface area contributed by atoms with Crippen LogP contribution in [0.5, 0.6) is 0 Å². The van der Waals surface area contributed by atoms with Crippen LogP contribution in [0.4, 0.5) is 8.78 Å². The Kier molecular flexibility index (Phi) is 3.00. The highest BCUT2D eigenvalue weighted by Crippen LogP contribution is 2.24. The number of hydrogen-bond acceptors (Lipinski definition) is 2. The van der Waals surface area contributed by atoms with E-state index in [0.29, 0.717) is 0 Å². The van der Waals surface area contributed by atoms with Crippen LogP contribution in [0, 0.1) is 6.92 Å². The number of aromatic amines is 1. The number of hydrogen-bond donors (Lipinski definition) is 1. The maximum atomic E-state index is 12.5. The topological polar surface area (TPSA) is 49.9 Å². The summed E-state index contributed by atoms with van der Waals surface area (Å²) in [6.07, 6.45) is -1.78. The molecule has 14 heavy (non-hydrogen) atoms. The number of carbonyl (C=O) groups excluding carboxylic acids is 1. The number of carbonyl (C=O) groups is 1. The van der Waals surface area contributed by atoms with Crippen LogP contribution in [0.1, 0.15) is 27.9 Å². The number of alkyl halides is 2. The van der Waals surface area contributed by atoms with Crippen molar-refractivity contribution in [2.45, 2.75) is 13.3 Å². The zero-order valence-corrected chi connectivity index (χ0v) is 7.86. The average Bonchev–Trinajstić information content (AvgIpc) is 2.07. The van der Waals surface area contributed by atoms with Crippen LogP contribution in [0.2, 0.25) is 0 Å². The Morgan fingerprint density at radius 1 is 1.57 bits per heavy atom. The van der Waals surface area contributed by atoms with E-state index in [1.165, 1.54) is 6.92 Å². The third-order valence-corrected chi connectivity index (χ3v) is 1.94. The fraction of sp³-hybridized carbons (Fsp3) is 0.250. The summed E-state index contributed by atoms with van der Waals surface area (Å²) in [6.45, 7) is 1.36. The molecule has 3 nitrogen and oxygen atoms in total. The van der Waals surface area contributed by atoms with Crippen LogP contribution >= 0.6 is 11.6 Å². The fourth-order valence-corrected chi connectivity index (χ4v) is 1.31. The third-order valence-electron chi connectivity index (χ3n) is 1.76. The Hall–Kier alpha value is -1.23. The molecule has 0 fully saturated rings. The molecule has 0 spiro atoms. The number of aryl methyl sites for hydroxylation is 1. The van der Waals surface area contributed by atoms with Gasteiger partial charge in [-0.3, -0.25) is 9.59 Å². The molecule has 0 atom stereocenters. The van der Waals surface area contributed by atoms with E-state index in [1.807, 2.05) is 0 Å². The number of rotatable bonds is 2. The summed E-state index contributed by atoms with van der Waals surface area (Å²) in [4.78, 5) is 24.0. The van der Waals surface area contributed by atoms with Crippen LogP contribution in [-0.4, -0.2) is 10.2 Å². The summed E-state index contributed by atoms with van der Waals surface area (Å²) in [6, 6.07) is 0. The summed E-state index contributed by atoms with van der Waals surface area (Å²) in [5.41, 5.74) is -2.05. The summed E-state index contributed by atoms with van der Waals surface area (Å²) < 4.78 is 24.9. The lowest BCUT2D eigenvalue weighted by molar-refractivity contribution is 0.106. The smallest absolute Gasteiger partial charge is 0.265 e. The molecule has 0 aliphatic carbocycles. The van der Waals surface area contributed by atoms with E-state index in [9.17, 15) is 18.4 Å². The largest absolute Gasteiger partial charge is 0.328 e. The van der Waals surface area contributed by atoms with Gasteiger partial charge in [0, 0.05) is 11.8 Å². The van der Waals surface area contributed by atoms with Gasteiger partial charge in [-0.2, -0.15) is 0 Å². The molecule has 0 unspecified atom stereocenters. The Labute approximate surface area is 82.7 Å². The van der Waals surface area contributed by atoms with Gasteiger partial charge in [-0.15, -0.1) is 0 Å². The van der Waals surface area contributed by atoms with Gasteiger partial charge in [0.15, 0.2) is 0 Å². The normalized spacial score (nSPS) is 10.6. The Morgan fingerprint density at radius 3 is 2.50 bits per heavy atom. The number of H-pyrrole nitrogens is 1. The standard InChI is InChI=1S/C8H6ClF2NO2/c1-3-2-12-8(14)5(6(9)13)4(3)7(10)11/h2,7H,1H3,(H,12,14). The highest BCUT2D eigenvalue weighted by atomic mass is 35.5. The molecule has 0 aliphatic heterocycles. The second-order valence-electron chi connectivity index (χ2n) is 2.66. The molecule has 1 aromatic rings. The van der Waals surface area contributed by atoms with Crippen LogP contribution in [0.3, 0.4) is 0 Å². The second-order valence-corrected chi connectivity index (χ2v) is 3.01. The Balaban J connectivity index is 3.58. The van der Waals surface area contributed by atoms with E-state index >= 15 is 0 Å². The zero-order valence-electron chi connectivity index (χ0n) is 7.11. The van der Waals surface area contributed by atoms with E-state index in [4.69, 9.17) is 11.6 Å². The molecule has 0 aromatic carbocycles. The highest BCUT2D eigenvalue weighted by Gasteiger charge is 2.22. The van der Waals surface area contributed by atoms with E-state index in [-0.39, 0.29) is 5.56 Å². The van der Waals surface area contributed by atoms with Crippen molar-refractivity contribution in [2.75, 3.05) is 0 Å². The Bertz CT molecular complexity index is 428. The molecule has 1 N–H and O–H groups in total. The second kappa shape index (κ2) is 3.88. The average molecular weight is 222 g/mol. The molecular formula is C8H6ClF2NO2. The van der Waals surface area contributed by atoms with Crippen molar-refractivity contribution in [1.82, 2.24) is 4.98 Å². The van der Waals surface area contributed by atoms with Crippen molar-refractivity contribution in [3.05, 3.63) is 33.2 Å². The molecule has 0 amide bonds. The van der Waals surface area contributed by atoms with E-state index in [0.717, 1.165) is 6.20 Å². The predicted octanol–water partition coefficient (Wildman–Crippen LogP) is 2.00. The van der Waals surface area contributed by atoms with Crippen molar-refractivity contribution in [3.63, 3.8) is 0 Å². The van der Waals surface area contributed by atoms with Crippen LogP contribution < -0.4 is 5.56 Å². The molecule has 0 radical (unpaired) electrons. The van der Waals surface area contributed by atoms with Gasteiger partial charge in [0.2, 0.25) is 0 Å². The van der Waals surface area contributed by atoms with Crippen LogP contribution in [0.15, 0.2) is 11.0 Å². The molecule has 0 bridgehead atoms. The molecule has 1 rings (SSSR count). The first kappa shape index (κ1) is 10.8. The zero-order chi connectivity index (χ0) is 10.9. The highest BCUT2D eigenvalue weighted by molar-refractivity contribution is 6.67. The van der Waals surface area contributed by atoms with Gasteiger partial charge in [-0.25, -0.2) is 8.78 Å². The molecule has 76 valence electrons. The van der Waals surface area contributed by atoms with Gasteiger partial charge in [0.05, 0.1) is 0 Å². The minimum Gasteiger partial charge on any atom is -0.328 e. The summed E-state index contributed by atoms with van der Waals surface area (Å²) in [5.74, 6) is 0. The van der Waals surface area contributed by atoms with E-state index in [1.54, 1.807) is 0 Å². The minimum absolute atomic E-state index is 0.128. The lowest BCUT2D eigenvalue weighted by atomic mass is 10.1. The van der Waals surface area contributed by atoms with Gasteiger partial charge < -0.3 is 4.98 Å². The molecule has 1 aromatic heterocycles. The lowest BCUT2D eigenvalue weighted by Gasteiger charge is -2.06. The minimum atomic E-state index is -2.89. The van der Waals surface area contributed by atoms with Crippen LogP contribution in [0.25, 0.3) is 0 Å². The van der Waals surface area contributed by atoms with Crippen molar-refractivity contribution in [1.29, 1.82) is 0 Å². The van der Waals surface area contributed by atoms with Gasteiger partial charge in [-0.1, -0.05) is 0 Å². The summed E-state index contributed by atoms with van der Waals surface area (Å²) in [7, 11) is 0. The molecule has 6 heteroatoms. The quantitative estimate of drug-likeness (QED) is 0.777. The maximum Gasteiger partial charge on any atom is 0.265 e. The van der Waals surface area contributed by atoms with Gasteiger partial charge >= 0.3 is 0 Å². The first-order valence-corrected chi connectivity index (χ1v) is 4.03. The van der Waals surface area contributed by atoms with Crippen LogP contribution in [-0.2, 0) is 0 Å². The van der Waals surface area contributed by atoms with Gasteiger partial charge in [0.1, 0.15) is 5.56 Å². The number of aromatic nitrogens is 1. The van der Waals surface area contributed by atoms with Crippen molar-refractivity contribution >= 4 is 16.8 Å². The number of pyridine rings is 1. The van der Waals surface area contributed by atoms with Gasteiger partial charge in [-0.05, 0) is 24.1 Å². The number of nitrogens with one attached hydrogen (secondary N) is 1. The van der Waals surface area contributed by atoms with Gasteiger partial charge in [0.25, 0.3) is 17.2 Å².